The lowest BCUT2D eigenvalue weighted by Crippen LogP contribution is -2.01. The molecule has 2 aromatic rings. The third kappa shape index (κ3) is 2.82. The minimum absolute atomic E-state index is 0.0486. The quantitative estimate of drug-likeness (QED) is 0.636. The van der Waals surface area contributed by atoms with E-state index in [9.17, 15) is 10.1 Å². The van der Waals surface area contributed by atoms with E-state index in [4.69, 9.17) is 4.74 Å². The molecule has 0 unspecified atom stereocenters. The molecule has 19 heavy (non-hydrogen) atoms. The van der Waals surface area contributed by atoms with E-state index in [2.05, 4.69) is 15.5 Å². The van der Waals surface area contributed by atoms with Crippen molar-refractivity contribution in [2.45, 2.75) is 13.5 Å². The normalized spacial score (nSPS) is 10.2. The zero-order valence-corrected chi connectivity index (χ0v) is 10.6. The van der Waals surface area contributed by atoms with Gasteiger partial charge in [0.15, 0.2) is 5.75 Å². The van der Waals surface area contributed by atoms with E-state index in [1.54, 1.807) is 18.3 Å². The number of aromatic nitrogens is 2. The Balaban J connectivity index is 2.13. The number of anilines is 1. The summed E-state index contributed by atoms with van der Waals surface area (Å²) in [5.41, 5.74) is 2.73. The first-order chi connectivity index (χ1) is 9.11. The summed E-state index contributed by atoms with van der Waals surface area (Å²) in [6.45, 7) is 2.52. The predicted octanol–water partition coefficient (Wildman–Crippen LogP) is 2.25. The summed E-state index contributed by atoms with van der Waals surface area (Å²) in [4.78, 5) is 10.3. The van der Waals surface area contributed by atoms with Crippen molar-refractivity contribution >= 4 is 11.4 Å². The van der Waals surface area contributed by atoms with Crippen molar-refractivity contribution in [1.29, 1.82) is 0 Å². The highest BCUT2D eigenvalue weighted by Crippen LogP contribution is 2.29. The van der Waals surface area contributed by atoms with Gasteiger partial charge in [-0.1, -0.05) is 0 Å². The van der Waals surface area contributed by atoms with Crippen molar-refractivity contribution < 1.29 is 9.66 Å². The van der Waals surface area contributed by atoms with Crippen LogP contribution in [-0.4, -0.2) is 22.2 Å². The fraction of sp³-hybridized carbons (Fsp3) is 0.250. The summed E-state index contributed by atoms with van der Waals surface area (Å²) < 4.78 is 5.01. The number of aromatic amines is 1. The summed E-state index contributed by atoms with van der Waals surface area (Å²) >= 11 is 0. The van der Waals surface area contributed by atoms with Crippen molar-refractivity contribution in [3.05, 3.63) is 45.8 Å². The summed E-state index contributed by atoms with van der Waals surface area (Å²) in [5, 5.41) is 20.7. The van der Waals surface area contributed by atoms with E-state index in [0.29, 0.717) is 6.54 Å². The van der Waals surface area contributed by atoms with E-state index >= 15 is 0 Å². The Bertz CT molecular complexity index is 594. The number of H-pyrrole nitrogens is 1. The summed E-state index contributed by atoms with van der Waals surface area (Å²) in [6.07, 6.45) is 1.74. The molecule has 0 fully saturated rings. The van der Waals surface area contributed by atoms with Gasteiger partial charge in [-0.15, -0.1) is 0 Å². The van der Waals surface area contributed by atoms with Crippen LogP contribution in [0.3, 0.4) is 0 Å². The second-order valence-corrected chi connectivity index (χ2v) is 4.02. The number of aryl methyl sites for hydroxylation is 1. The van der Waals surface area contributed by atoms with Crippen LogP contribution in [0.15, 0.2) is 24.4 Å². The molecule has 1 heterocycles. The van der Waals surface area contributed by atoms with Crippen LogP contribution in [0.25, 0.3) is 0 Å². The SMILES string of the molecule is COc1cc(NCc2cn[nH]c2C)ccc1[N+](=O)[O-]. The van der Waals surface area contributed by atoms with E-state index in [0.717, 1.165) is 16.9 Å². The molecule has 0 bridgehead atoms. The van der Waals surface area contributed by atoms with Crippen molar-refractivity contribution in [2.24, 2.45) is 0 Å². The number of methoxy groups -OCH3 is 1. The van der Waals surface area contributed by atoms with Gasteiger partial charge in [-0.25, -0.2) is 0 Å². The number of ether oxygens (including phenoxy) is 1. The van der Waals surface area contributed by atoms with Crippen molar-refractivity contribution in [3.8, 4) is 5.75 Å². The smallest absolute Gasteiger partial charge is 0.311 e. The molecule has 0 aliphatic heterocycles. The van der Waals surface area contributed by atoms with Crippen LogP contribution in [-0.2, 0) is 6.54 Å². The minimum atomic E-state index is -0.469. The Morgan fingerprint density at radius 3 is 2.89 bits per heavy atom. The highest BCUT2D eigenvalue weighted by Gasteiger charge is 2.14. The van der Waals surface area contributed by atoms with Gasteiger partial charge in [-0.2, -0.15) is 5.10 Å². The molecule has 0 radical (unpaired) electrons. The summed E-state index contributed by atoms with van der Waals surface area (Å²) in [7, 11) is 1.41. The second kappa shape index (κ2) is 5.38. The van der Waals surface area contributed by atoms with Gasteiger partial charge < -0.3 is 10.1 Å². The number of hydrogen-bond acceptors (Lipinski definition) is 5. The van der Waals surface area contributed by atoms with Crippen molar-refractivity contribution in [3.63, 3.8) is 0 Å². The molecule has 0 saturated heterocycles. The molecule has 2 N–H and O–H groups in total. The number of nitro benzene ring substituents is 1. The van der Waals surface area contributed by atoms with Crippen LogP contribution in [0.1, 0.15) is 11.3 Å². The summed E-state index contributed by atoms with van der Waals surface area (Å²) in [5.74, 6) is 0.235. The number of rotatable bonds is 5. The lowest BCUT2D eigenvalue weighted by molar-refractivity contribution is -0.385. The van der Waals surface area contributed by atoms with E-state index in [-0.39, 0.29) is 11.4 Å². The van der Waals surface area contributed by atoms with Crippen LogP contribution in [0.2, 0.25) is 0 Å². The third-order valence-electron chi connectivity index (χ3n) is 2.79. The number of nitrogens with one attached hydrogen (secondary N) is 2. The Kier molecular flexibility index (Phi) is 3.65. The Morgan fingerprint density at radius 2 is 2.32 bits per heavy atom. The minimum Gasteiger partial charge on any atom is -0.490 e. The number of hydrogen-bond donors (Lipinski definition) is 2. The molecule has 0 aliphatic rings. The average Bonchev–Trinajstić information content (AvgIpc) is 2.81. The molecule has 0 saturated carbocycles. The lowest BCUT2D eigenvalue weighted by atomic mass is 10.2. The Morgan fingerprint density at radius 1 is 1.53 bits per heavy atom. The highest BCUT2D eigenvalue weighted by atomic mass is 16.6. The van der Waals surface area contributed by atoms with Crippen LogP contribution in [0.5, 0.6) is 5.75 Å². The number of nitrogens with zero attached hydrogens (tertiary/aromatic N) is 2. The molecule has 7 nitrogen and oxygen atoms in total. The van der Waals surface area contributed by atoms with Gasteiger partial charge in [0, 0.05) is 35.6 Å². The summed E-state index contributed by atoms with van der Waals surface area (Å²) in [6, 6.07) is 4.67. The predicted molar refractivity (Wildman–Crippen MR) is 70.3 cm³/mol. The van der Waals surface area contributed by atoms with Crippen LogP contribution < -0.4 is 10.1 Å². The van der Waals surface area contributed by atoms with Gasteiger partial charge in [0.1, 0.15) is 0 Å². The zero-order valence-electron chi connectivity index (χ0n) is 10.6. The van der Waals surface area contributed by atoms with Gasteiger partial charge in [-0.3, -0.25) is 15.2 Å². The second-order valence-electron chi connectivity index (χ2n) is 4.02. The maximum absolute atomic E-state index is 10.8. The number of nitro groups is 1. The molecule has 1 aromatic carbocycles. The van der Waals surface area contributed by atoms with Gasteiger partial charge in [0.05, 0.1) is 18.2 Å². The fourth-order valence-electron chi connectivity index (χ4n) is 1.69. The van der Waals surface area contributed by atoms with Gasteiger partial charge in [0.25, 0.3) is 0 Å². The van der Waals surface area contributed by atoms with E-state index in [1.165, 1.54) is 13.2 Å². The molecular weight excluding hydrogens is 248 g/mol. The molecule has 0 amide bonds. The van der Waals surface area contributed by atoms with Crippen LogP contribution in [0.4, 0.5) is 11.4 Å². The largest absolute Gasteiger partial charge is 0.490 e. The maximum atomic E-state index is 10.8. The molecule has 0 spiro atoms. The maximum Gasteiger partial charge on any atom is 0.311 e. The average molecular weight is 262 g/mol. The van der Waals surface area contributed by atoms with Gasteiger partial charge in [-0.05, 0) is 13.0 Å². The van der Waals surface area contributed by atoms with Crippen LogP contribution >= 0.6 is 0 Å². The Labute approximate surface area is 109 Å². The molecular formula is C12H14N4O3. The topological polar surface area (TPSA) is 93.1 Å². The van der Waals surface area contributed by atoms with Crippen LogP contribution in [0, 0.1) is 17.0 Å². The molecule has 0 atom stereocenters. The first-order valence-electron chi connectivity index (χ1n) is 5.67. The molecule has 7 heteroatoms. The fourth-order valence-corrected chi connectivity index (χ4v) is 1.69. The third-order valence-corrected chi connectivity index (χ3v) is 2.79. The Hall–Kier alpha value is -2.57. The van der Waals surface area contributed by atoms with Crippen molar-refractivity contribution in [1.82, 2.24) is 10.2 Å². The highest BCUT2D eigenvalue weighted by molar-refractivity contribution is 5.58. The molecule has 100 valence electrons. The lowest BCUT2D eigenvalue weighted by Gasteiger charge is -2.08. The molecule has 2 rings (SSSR count). The zero-order chi connectivity index (χ0) is 13.8. The van der Waals surface area contributed by atoms with Gasteiger partial charge >= 0.3 is 5.69 Å². The van der Waals surface area contributed by atoms with E-state index in [1.807, 2.05) is 6.92 Å². The monoisotopic (exact) mass is 262 g/mol. The molecule has 1 aromatic heterocycles. The molecule has 0 aliphatic carbocycles. The first-order valence-corrected chi connectivity index (χ1v) is 5.67. The van der Waals surface area contributed by atoms with Crippen molar-refractivity contribution in [2.75, 3.05) is 12.4 Å². The van der Waals surface area contributed by atoms with E-state index < -0.39 is 4.92 Å². The standard InChI is InChI=1S/C12H14N4O3/c1-8-9(7-14-15-8)6-13-10-3-4-11(16(17)18)12(5-10)19-2/h3-5,7,13H,6H2,1-2H3,(H,14,15). The first kappa shape index (κ1) is 12.9. The number of benzene rings is 1. The van der Waals surface area contributed by atoms with Gasteiger partial charge in [0.2, 0.25) is 0 Å².